The van der Waals surface area contributed by atoms with Gasteiger partial charge >= 0.3 is 6.03 Å². The summed E-state index contributed by atoms with van der Waals surface area (Å²) in [5.74, 6) is -0.417. The third kappa shape index (κ3) is 4.06. The number of amides is 4. The Bertz CT molecular complexity index is 1150. The van der Waals surface area contributed by atoms with Gasteiger partial charge in [-0.2, -0.15) is 5.26 Å². The number of hydrogen-bond donors (Lipinski definition) is 2. The maximum Gasteiger partial charge on any atom is 0.325 e. The first-order valence-corrected chi connectivity index (χ1v) is 12.8. The molecule has 2 atom stereocenters. The Morgan fingerprint density at radius 1 is 1.42 bits per heavy atom. The predicted molar refractivity (Wildman–Crippen MR) is 129 cm³/mol. The summed E-state index contributed by atoms with van der Waals surface area (Å²) in [7, 11) is 0. The Balaban J connectivity index is 1.49. The fraction of sp³-hybridized carbons (Fsp3) is 0.500. The number of rotatable bonds is 6. The largest absolute Gasteiger partial charge is 0.325 e. The van der Waals surface area contributed by atoms with Crippen LogP contribution in [0.5, 0.6) is 0 Å². The maximum atomic E-state index is 13.0. The maximum absolute atomic E-state index is 13.0. The van der Waals surface area contributed by atoms with E-state index in [4.69, 9.17) is 0 Å². The van der Waals surface area contributed by atoms with E-state index < -0.39 is 29.9 Å². The van der Waals surface area contributed by atoms with Crippen molar-refractivity contribution in [1.82, 2.24) is 10.2 Å². The van der Waals surface area contributed by atoms with Crippen molar-refractivity contribution in [2.75, 3.05) is 11.9 Å². The molecule has 174 valence electrons. The van der Waals surface area contributed by atoms with Crippen molar-refractivity contribution in [1.29, 1.82) is 5.26 Å². The molecule has 33 heavy (non-hydrogen) atoms. The first-order chi connectivity index (χ1) is 15.6. The molecule has 3 heterocycles. The molecule has 4 amide bonds. The predicted octanol–water partition coefficient (Wildman–Crippen LogP) is 4.63. The van der Waals surface area contributed by atoms with Gasteiger partial charge in [0.15, 0.2) is 5.54 Å². The van der Waals surface area contributed by atoms with Gasteiger partial charge in [0.1, 0.15) is 17.6 Å². The second kappa shape index (κ2) is 8.58. The van der Waals surface area contributed by atoms with Crippen molar-refractivity contribution in [3.05, 3.63) is 38.4 Å². The SMILES string of the molecule is CCC(C)(C)C1CCc2c(sc(NC(=O)CN3C(=O)NC(C)(c4cccs4)C3=O)c2C#N)C1. The van der Waals surface area contributed by atoms with E-state index in [0.29, 0.717) is 21.4 Å². The van der Waals surface area contributed by atoms with Gasteiger partial charge in [0.2, 0.25) is 5.91 Å². The highest BCUT2D eigenvalue weighted by Crippen LogP contribution is 2.45. The number of nitrogens with zero attached hydrogens (tertiary/aromatic N) is 2. The third-order valence-electron chi connectivity index (χ3n) is 7.24. The molecule has 2 aromatic rings. The highest BCUT2D eigenvalue weighted by molar-refractivity contribution is 7.16. The van der Waals surface area contributed by atoms with Gasteiger partial charge in [-0.15, -0.1) is 22.7 Å². The molecule has 4 rings (SSSR count). The third-order valence-corrected chi connectivity index (χ3v) is 9.50. The number of imide groups is 1. The van der Waals surface area contributed by atoms with Crippen LogP contribution in [0, 0.1) is 22.7 Å². The molecule has 0 bridgehead atoms. The van der Waals surface area contributed by atoms with E-state index in [2.05, 4.69) is 37.5 Å². The van der Waals surface area contributed by atoms with Crippen LogP contribution in [0.15, 0.2) is 17.5 Å². The summed E-state index contributed by atoms with van der Waals surface area (Å²) < 4.78 is 0. The van der Waals surface area contributed by atoms with E-state index in [1.807, 2.05) is 11.4 Å². The fourth-order valence-electron chi connectivity index (χ4n) is 4.63. The molecule has 1 aliphatic carbocycles. The van der Waals surface area contributed by atoms with Gasteiger partial charge in [0.25, 0.3) is 5.91 Å². The minimum absolute atomic E-state index is 0.219. The highest BCUT2D eigenvalue weighted by Gasteiger charge is 2.50. The number of carbonyl (C=O) groups excluding carboxylic acids is 3. The van der Waals surface area contributed by atoms with Gasteiger partial charge in [0.05, 0.1) is 5.56 Å². The average molecular weight is 485 g/mol. The molecule has 7 nitrogen and oxygen atoms in total. The van der Waals surface area contributed by atoms with Gasteiger partial charge in [-0.3, -0.25) is 14.5 Å². The van der Waals surface area contributed by atoms with Crippen LogP contribution in [0.3, 0.4) is 0 Å². The second-order valence-corrected chi connectivity index (χ2v) is 11.6. The van der Waals surface area contributed by atoms with Crippen molar-refractivity contribution >= 4 is 45.5 Å². The van der Waals surface area contributed by atoms with Gasteiger partial charge in [-0.1, -0.05) is 33.3 Å². The van der Waals surface area contributed by atoms with E-state index in [0.717, 1.165) is 41.0 Å². The first-order valence-electron chi connectivity index (χ1n) is 11.1. The quantitative estimate of drug-likeness (QED) is 0.584. The molecule has 2 aliphatic rings. The number of carbonyl (C=O) groups is 3. The summed E-state index contributed by atoms with van der Waals surface area (Å²) in [4.78, 5) is 41.1. The minimum atomic E-state index is -1.17. The topological polar surface area (TPSA) is 102 Å². The fourth-order valence-corrected chi connectivity index (χ4v) is 6.76. The summed E-state index contributed by atoms with van der Waals surface area (Å²) in [6, 6.07) is 5.26. The van der Waals surface area contributed by atoms with E-state index in [1.165, 1.54) is 22.7 Å². The van der Waals surface area contributed by atoms with Crippen LogP contribution < -0.4 is 10.6 Å². The number of nitrogens with one attached hydrogen (secondary N) is 2. The second-order valence-electron chi connectivity index (χ2n) is 9.57. The van der Waals surface area contributed by atoms with Crippen LogP contribution in [-0.2, 0) is 28.0 Å². The summed E-state index contributed by atoms with van der Waals surface area (Å²) in [6.45, 7) is 8.02. The van der Waals surface area contributed by atoms with E-state index in [1.54, 1.807) is 13.0 Å². The molecule has 0 aromatic carbocycles. The molecule has 1 aliphatic heterocycles. The number of urea groups is 1. The van der Waals surface area contributed by atoms with Crippen molar-refractivity contribution < 1.29 is 14.4 Å². The summed E-state index contributed by atoms with van der Waals surface area (Å²) in [6.07, 6.45) is 3.84. The molecular formula is C24H28N4O3S2. The summed E-state index contributed by atoms with van der Waals surface area (Å²) in [5, 5.41) is 17.6. The van der Waals surface area contributed by atoms with Gasteiger partial charge in [0, 0.05) is 9.75 Å². The Morgan fingerprint density at radius 3 is 2.82 bits per heavy atom. The lowest BCUT2D eigenvalue weighted by Gasteiger charge is -2.36. The standard InChI is InChI=1S/C24H28N4O3S2/c1-5-23(2,3)14-8-9-15-16(12-25)20(33-17(15)11-14)26-19(29)13-28-21(30)24(4,27-22(28)31)18-7-6-10-32-18/h6-7,10,14H,5,8-9,11,13H2,1-4H3,(H,26,29)(H,27,31). The molecule has 0 radical (unpaired) electrons. The lowest BCUT2D eigenvalue weighted by molar-refractivity contribution is -0.133. The Morgan fingerprint density at radius 2 is 2.18 bits per heavy atom. The zero-order valence-corrected chi connectivity index (χ0v) is 20.9. The van der Waals surface area contributed by atoms with Gasteiger partial charge in [-0.05, 0) is 54.5 Å². The van der Waals surface area contributed by atoms with Crippen LogP contribution >= 0.6 is 22.7 Å². The van der Waals surface area contributed by atoms with Crippen LogP contribution in [0.1, 0.15) is 61.4 Å². The molecule has 1 saturated heterocycles. The van der Waals surface area contributed by atoms with Crippen LogP contribution in [0.25, 0.3) is 0 Å². The normalized spacial score (nSPS) is 22.6. The molecule has 2 N–H and O–H groups in total. The minimum Gasteiger partial charge on any atom is -0.319 e. The summed E-state index contributed by atoms with van der Waals surface area (Å²) >= 11 is 2.82. The van der Waals surface area contributed by atoms with Crippen molar-refractivity contribution in [2.24, 2.45) is 11.3 Å². The van der Waals surface area contributed by atoms with Crippen LogP contribution in [0.4, 0.5) is 9.80 Å². The Hall–Kier alpha value is -2.70. The number of thiophene rings is 2. The number of nitriles is 1. The van der Waals surface area contributed by atoms with E-state index >= 15 is 0 Å². The van der Waals surface area contributed by atoms with Crippen LogP contribution in [0.2, 0.25) is 0 Å². The number of hydrogen-bond acceptors (Lipinski definition) is 6. The average Bonchev–Trinajstić information content (AvgIpc) is 3.48. The zero-order chi connectivity index (χ0) is 24.0. The molecule has 0 saturated carbocycles. The Labute approximate surface area is 201 Å². The van der Waals surface area contributed by atoms with E-state index in [-0.39, 0.29) is 5.41 Å². The lowest BCUT2D eigenvalue weighted by atomic mass is 9.69. The monoisotopic (exact) mass is 484 g/mol. The molecule has 2 unspecified atom stereocenters. The van der Waals surface area contributed by atoms with E-state index in [9.17, 15) is 19.6 Å². The van der Waals surface area contributed by atoms with Gasteiger partial charge < -0.3 is 10.6 Å². The van der Waals surface area contributed by atoms with Crippen molar-refractivity contribution in [2.45, 2.75) is 58.9 Å². The van der Waals surface area contributed by atoms with Crippen molar-refractivity contribution in [3.63, 3.8) is 0 Å². The van der Waals surface area contributed by atoms with Crippen LogP contribution in [-0.4, -0.2) is 29.3 Å². The number of anilines is 1. The Kier molecular flexibility index (Phi) is 6.10. The molecule has 0 spiro atoms. The molecular weight excluding hydrogens is 456 g/mol. The highest BCUT2D eigenvalue weighted by atomic mass is 32.1. The summed E-state index contributed by atoms with van der Waals surface area (Å²) in [5.41, 5.74) is 0.584. The molecule has 9 heteroatoms. The molecule has 1 fully saturated rings. The first kappa shape index (κ1) is 23.5. The molecule has 2 aromatic heterocycles. The lowest BCUT2D eigenvalue weighted by Crippen LogP contribution is -2.41. The van der Waals surface area contributed by atoms with Gasteiger partial charge in [-0.25, -0.2) is 4.79 Å². The zero-order valence-electron chi connectivity index (χ0n) is 19.3. The number of fused-ring (bicyclic) bond motifs is 1. The van der Waals surface area contributed by atoms with Crippen molar-refractivity contribution in [3.8, 4) is 6.07 Å². The smallest absolute Gasteiger partial charge is 0.319 e.